The van der Waals surface area contributed by atoms with Gasteiger partial charge in [0, 0.05) is 24.9 Å². The molecule has 0 spiro atoms. The molecule has 0 unspecified atom stereocenters. The number of aromatic nitrogens is 2. The van der Waals surface area contributed by atoms with E-state index in [-0.39, 0.29) is 11.6 Å². The summed E-state index contributed by atoms with van der Waals surface area (Å²) in [6.07, 6.45) is 3.00. The highest BCUT2D eigenvalue weighted by molar-refractivity contribution is 5.93. The summed E-state index contributed by atoms with van der Waals surface area (Å²) in [7, 11) is 3.11. The van der Waals surface area contributed by atoms with Crippen LogP contribution in [0.25, 0.3) is 5.69 Å². The third-order valence-corrected chi connectivity index (χ3v) is 4.07. The molecule has 0 bridgehead atoms. The Kier molecular flexibility index (Phi) is 5.54. The molecule has 3 aromatic rings. The minimum absolute atomic E-state index is 0.0104. The minimum atomic E-state index is -0.472. The fraction of sp³-hybridized carbons (Fsp3) is 0.158. The Morgan fingerprint density at radius 3 is 2.50 bits per heavy atom. The molecule has 0 saturated heterocycles. The summed E-state index contributed by atoms with van der Waals surface area (Å²) in [6, 6.07) is 11.3. The summed E-state index contributed by atoms with van der Waals surface area (Å²) >= 11 is 0. The molecule has 144 valence electrons. The number of carbonyl (C=O) groups excluding carboxylic acids is 1. The quantitative estimate of drug-likeness (QED) is 0.497. The van der Waals surface area contributed by atoms with Crippen molar-refractivity contribution in [1.82, 2.24) is 15.1 Å². The van der Waals surface area contributed by atoms with Gasteiger partial charge in [0.2, 0.25) is 0 Å². The van der Waals surface area contributed by atoms with Gasteiger partial charge < -0.3 is 14.8 Å². The molecule has 3 rings (SSSR count). The zero-order valence-corrected chi connectivity index (χ0v) is 15.3. The minimum Gasteiger partial charge on any atom is -0.493 e. The van der Waals surface area contributed by atoms with E-state index < -0.39 is 4.92 Å². The Balaban J connectivity index is 1.66. The summed E-state index contributed by atoms with van der Waals surface area (Å²) in [5.41, 5.74) is 1.83. The number of hydrogen-bond donors (Lipinski definition) is 1. The molecule has 1 amide bonds. The normalized spacial score (nSPS) is 10.4. The largest absolute Gasteiger partial charge is 0.493 e. The van der Waals surface area contributed by atoms with Crippen molar-refractivity contribution < 1.29 is 19.2 Å². The first-order valence-corrected chi connectivity index (χ1v) is 8.30. The second-order valence-corrected chi connectivity index (χ2v) is 5.82. The predicted molar refractivity (Wildman–Crippen MR) is 101 cm³/mol. The number of non-ortho nitro benzene ring substituents is 1. The SMILES string of the molecule is COc1ccc(CNC(=O)c2cnn(-c3ccc([N+](=O)[O-])cc3)c2)cc1OC. The molecule has 0 aliphatic heterocycles. The molecular formula is C19H18N4O5. The molecule has 2 aromatic carbocycles. The second kappa shape index (κ2) is 8.21. The molecule has 0 fully saturated rings. The highest BCUT2D eigenvalue weighted by Crippen LogP contribution is 2.27. The zero-order chi connectivity index (χ0) is 20.1. The molecule has 0 radical (unpaired) electrons. The van der Waals surface area contributed by atoms with Gasteiger partial charge in [0.05, 0.1) is 36.6 Å². The van der Waals surface area contributed by atoms with Crippen molar-refractivity contribution in [3.63, 3.8) is 0 Å². The number of carbonyl (C=O) groups is 1. The highest BCUT2D eigenvalue weighted by Gasteiger charge is 2.11. The fourth-order valence-electron chi connectivity index (χ4n) is 2.58. The summed E-state index contributed by atoms with van der Waals surface area (Å²) < 4.78 is 11.9. The first-order chi connectivity index (χ1) is 13.5. The van der Waals surface area contributed by atoms with Crippen molar-refractivity contribution >= 4 is 11.6 Å². The van der Waals surface area contributed by atoms with Gasteiger partial charge in [0.15, 0.2) is 11.5 Å². The van der Waals surface area contributed by atoms with Crippen LogP contribution in [0.4, 0.5) is 5.69 Å². The van der Waals surface area contributed by atoms with E-state index in [0.29, 0.717) is 29.3 Å². The number of hydrogen-bond acceptors (Lipinski definition) is 6. The van der Waals surface area contributed by atoms with E-state index in [0.717, 1.165) is 5.56 Å². The molecule has 9 nitrogen and oxygen atoms in total. The monoisotopic (exact) mass is 382 g/mol. The van der Waals surface area contributed by atoms with Crippen molar-refractivity contribution in [2.45, 2.75) is 6.54 Å². The number of nitro benzene ring substituents is 1. The number of nitrogens with one attached hydrogen (secondary N) is 1. The number of benzene rings is 2. The Morgan fingerprint density at radius 2 is 1.86 bits per heavy atom. The highest BCUT2D eigenvalue weighted by atomic mass is 16.6. The summed E-state index contributed by atoms with van der Waals surface area (Å²) in [6.45, 7) is 0.307. The van der Waals surface area contributed by atoms with Crippen LogP contribution in [0.5, 0.6) is 11.5 Å². The van der Waals surface area contributed by atoms with Gasteiger partial charge in [-0.1, -0.05) is 6.07 Å². The zero-order valence-electron chi connectivity index (χ0n) is 15.3. The van der Waals surface area contributed by atoms with E-state index in [2.05, 4.69) is 10.4 Å². The topological polar surface area (TPSA) is 109 Å². The van der Waals surface area contributed by atoms with Crippen LogP contribution in [0.2, 0.25) is 0 Å². The lowest BCUT2D eigenvalue weighted by molar-refractivity contribution is -0.384. The number of methoxy groups -OCH3 is 2. The first-order valence-electron chi connectivity index (χ1n) is 8.30. The van der Waals surface area contributed by atoms with Crippen LogP contribution in [-0.2, 0) is 6.54 Å². The molecule has 1 N–H and O–H groups in total. The third kappa shape index (κ3) is 4.09. The Bertz CT molecular complexity index is 998. The third-order valence-electron chi connectivity index (χ3n) is 4.07. The van der Waals surface area contributed by atoms with Gasteiger partial charge in [-0.25, -0.2) is 4.68 Å². The van der Waals surface area contributed by atoms with Crippen LogP contribution in [-0.4, -0.2) is 34.8 Å². The van der Waals surface area contributed by atoms with Crippen molar-refractivity contribution in [1.29, 1.82) is 0 Å². The molecule has 0 atom stereocenters. The molecule has 1 heterocycles. The lowest BCUT2D eigenvalue weighted by Gasteiger charge is -2.10. The lowest BCUT2D eigenvalue weighted by Crippen LogP contribution is -2.22. The van der Waals surface area contributed by atoms with Gasteiger partial charge in [0.25, 0.3) is 11.6 Å². The number of ether oxygens (including phenoxy) is 2. The lowest BCUT2D eigenvalue weighted by atomic mass is 10.2. The Hall–Kier alpha value is -3.88. The number of amides is 1. The maximum Gasteiger partial charge on any atom is 0.269 e. The average molecular weight is 382 g/mol. The van der Waals surface area contributed by atoms with E-state index in [1.807, 2.05) is 6.07 Å². The van der Waals surface area contributed by atoms with Crippen molar-refractivity contribution in [3.8, 4) is 17.2 Å². The van der Waals surface area contributed by atoms with Crippen molar-refractivity contribution in [2.24, 2.45) is 0 Å². The second-order valence-electron chi connectivity index (χ2n) is 5.82. The van der Waals surface area contributed by atoms with Crippen LogP contribution in [0.3, 0.4) is 0 Å². The maximum atomic E-state index is 12.4. The molecule has 0 saturated carbocycles. The predicted octanol–water partition coefficient (Wildman–Crippen LogP) is 2.73. The van der Waals surface area contributed by atoms with Crippen molar-refractivity contribution in [3.05, 3.63) is 76.1 Å². The Labute approximate surface area is 160 Å². The standard InChI is InChI=1S/C19H18N4O5/c1-27-17-8-3-13(9-18(17)28-2)10-20-19(24)14-11-21-22(12-14)15-4-6-16(7-5-15)23(25)26/h3-9,11-12H,10H2,1-2H3,(H,20,24). The van der Waals surface area contributed by atoms with E-state index in [1.165, 1.54) is 23.0 Å². The van der Waals surface area contributed by atoms with Gasteiger partial charge >= 0.3 is 0 Å². The van der Waals surface area contributed by atoms with E-state index in [9.17, 15) is 14.9 Å². The smallest absolute Gasteiger partial charge is 0.269 e. The molecule has 28 heavy (non-hydrogen) atoms. The van der Waals surface area contributed by atoms with E-state index >= 15 is 0 Å². The molecule has 0 aliphatic carbocycles. The molecular weight excluding hydrogens is 364 g/mol. The van der Waals surface area contributed by atoms with Crippen molar-refractivity contribution in [2.75, 3.05) is 14.2 Å². The molecule has 1 aromatic heterocycles. The first kappa shape index (κ1) is 18.9. The van der Waals surface area contributed by atoms with Crippen LogP contribution in [0, 0.1) is 10.1 Å². The Morgan fingerprint density at radius 1 is 1.14 bits per heavy atom. The van der Waals surface area contributed by atoms with Gasteiger partial charge in [-0.3, -0.25) is 14.9 Å². The van der Waals surface area contributed by atoms with E-state index in [1.54, 1.807) is 44.7 Å². The van der Waals surface area contributed by atoms with Crippen LogP contribution >= 0.6 is 0 Å². The number of nitro groups is 1. The van der Waals surface area contributed by atoms with Gasteiger partial charge in [-0.05, 0) is 29.8 Å². The molecule has 0 aliphatic rings. The van der Waals surface area contributed by atoms with Crippen LogP contribution in [0.1, 0.15) is 15.9 Å². The van der Waals surface area contributed by atoms with Crippen LogP contribution < -0.4 is 14.8 Å². The van der Waals surface area contributed by atoms with Gasteiger partial charge in [-0.2, -0.15) is 5.10 Å². The van der Waals surface area contributed by atoms with E-state index in [4.69, 9.17) is 9.47 Å². The summed E-state index contributed by atoms with van der Waals surface area (Å²) in [5, 5.41) is 17.7. The number of nitrogens with zero attached hydrogens (tertiary/aromatic N) is 3. The fourth-order valence-corrected chi connectivity index (χ4v) is 2.58. The molecule has 9 heteroatoms. The summed E-state index contributed by atoms with van der Waals surface area (Å²) in [5.74, 6) is 0.908. The number of rotatable bonds is 7. The average Bonchev–Trinajstić information content (AvgIpc) is 3.22. The van der Waals surface area contributed by atoms with Gasteiger partial charge in [-0.15, -0.1) is 0 Å². The van der Waals surface area contributed by atoms with Crippen LogP contribution in [0.15, 0.2) is 54.9 Å². The maximum absolute atomic E-state index is 12.4. The summed E-state index contributed by atoms with van der Waals surface area (Å²) in [4.78, 5) is 22.6. The van der Waals surface area contributed by atoms with Gasteiger partial charge in [0.1, 0.15) is 0 Å².